The summed E-state index contributed by atoms with van der Waals surface area (Å²) in [6.07, 6.45) is 0.941. The molecule has 0 spiro atoms. The third kappa shape index (κ3) is 3.81. The SMILES string of the molecule is CCc1ccc(C(=O)COc2cc(Br)ccc2Cl)s1. The average molecular weight is 360 g/mol. The van der Waals surface area contributed by atoms with Gasteiger partial charge in [0.15, 0.2) is 6.61 Å². The molecular weight excluding hydrogens is 348 g/mol. The van der Waals surface area contributed by atoms with Gasteiger partial charge in [0.1, 0.15) is 5.75 Å². The van der Waals surface area contributed by atoms with Crippen LogP contribution in [0, 0.1) is 0 Å². The zero-order valence-electron chi connectivity index (χ0n) is 10.3. The van der Waals surface area contributed by atoms with E-state index in [-0.39, 0.29) is 12.4 Å². The topological polar surface area (TPSA) is 26.3 Å². The summed E-state index contributed by atoms with van der Waals surface area (Å²) in [4.78, 5) is 13.9. The van der Waals surface area contributed by atoms with Gasteiger partial charge in [0.25, 0.3) is 0 Å². The van der Waals surface area contributed by atoms with Crippen LogP contribution in [0.25, 0.3) is 0 Å². The minimum atomic E-state index is -0.0271. The number of aryl methyl sites for hydroxylation is 1. The predicted molar refractivity (Wildman–Crippen MR) is 82.7 cm³/mol. The van der Waals surface area contributed by atoms with Crippen molar-refractivity contribution in [2.24, 2.45) is 0 Å². The van der Waals surface area contributed by atoms with Crippen LogP contribution >= 0.6 is 38.9 Å². The van der Waals surface area contributed by atoms with Crippen LogP contribution in [0.2, 0.25) is 5.02 Å². The van der Waals surface area contributed by atoms with Gasteiger partial charge in [0, 0.05) is 9.35 Å². The average Bonchev–Trinajstić information content (AvgIpc) is 2.88. The monoisotopic (exact) mass is 358 g/mol. The first-order valence-electron chi connectivity index (χ1n) is 5.80. The Morgan fingerprint density at radius 2 is 2.16 bits per heavy atom. The highest BCUT2D eigenvalue weighted by Crippen LogP contribution is 2.28. The summed E-state index contributed by atoms with van der Waals surface area (Å²) >= 11 is 10.8. The van der Waals surface area contributed by atoms with Crippen LogP contribution < -0.4 is 4.74 Å². The fourth-order valence-electron chi connectivity index (χ4n) is 1.52. The molecule has 5 heteroatoms. The first-order chi connectivity index (χ1) is 9.10. The number of ether oxygens (including phenoxy) is 1. The molecule has 0 bridgehead atoms. The van der Waals surface area contributed by atoms with E-state index in [1.807, 2.05) is 18.2 Å². The first-order valence-corrected chi connectivity index (χ1v) is 7.78. The number of hydrogen-bond donors (Lipinski definition) is 0. The molecule has 1 aromatic carbocycles. The Morgan fingerprint density at radius 3 is 2.84 bits per heavy atom. The summed E-state index contributed by atoms with van der Waals surface area (Å²) < 4.78 is 6.34. The number of hydrogen-bond acceptors (Lipinski definition) is 3. The molecule has 2 aromatic rings. The molecule has 100 valence electrons. The maximum atomic E-state index is 12.0. The number of benzene rings is 1. The molecule has 0 amide bonds. The van der Waals surface area contributed by atoms with Gasteiger partial charge in [-0.05, 0) is 36.8 Å². The van der Waals surface area contributed by atoms with Gasteiger partial charge in [0.2, 0.25) is 5.78 Å². The summed E-state index contributed by atoms with van der Waals surface area (Å²) in [5.41, 5.74) is 0. The first kappa shape index (κ1) is 14.6. The largest absolute Gasteiger partial charge is 0.484 e. The molecule has 0 aliphatic rings. The van der Waals surface area contributed by atoms with E-state index in [2.05, 4.69) is 22.9 Å². The highest BCUT2D eigenvalue weighted by Gasteiger charge is 2.11. The smallest absolute Gasteiger partial charge is 0.210 e. The number of Topliss-reactive ketones (excluding diaryl/α,β-unsaturated/α-hetero) is 1. The summed E-state index contributed by atoms with van der Waals surface area (Å²) in [6.45, 7) is 2.07. The Morgan fingerprint density at radius 1 is 1.37 bits per heavy atom. The maximum absolute atomic E-state index is 12.0. The molecule has 0 aliphatic carbocycles. The van der Waals surface area contributed by atoms with Gasteiger partial charge < -0.3 is 4.74 Å². The predicted octanol–water partition coefficient (Wildman–Crippen LogP) is 4.99. The molecule has 19 heavy (non-hydrogen) atoms. The number of rotatable bonds is 5. The summed E-state index contributed by atoms with van der Waals surface area (Å²) in [7, 11) is 0. The lowest BCUT2D eigenvalue weighted by Gasteiger charge is -2.07. The van der Waals surface area contributed by atoms with Crippen LogP contribution in [-0.2, 0) is 6.42 Å². The van der Waals surface area contributed by atoms with Crippen LogP contribution in [0.1, 0.15) is 21.5 Å². The van der Waals surface area contributed by atoms with Crippen molar-refractivity contribution in [2.45, 2.75) is 13.3 Å². The van der Waals surface area contributed by atoms with E-state index in [0.717, 1.165) is 15.8 Å². The van der Waals surface area contributed by atoms with Crippen molar-refractivity contribution in [2.75, 3.05) is 6.61 Å². The molecule has 0 unspecified atom stereocenters. The van der Waals surface area contributed by atoms with Crippen LogP contribution in [-0.4, -0.2) is 12.4 Å². The van der Waals surface area contributed by atoms with E-state index in [9.17, 15) is 4.79 Å². The zero-order valence-corrected chi connectivity index (χ0v) is 13.4. The highest BCUT2D eigenvalue weighted by atomic mass is 79.9. The van der Waals surface area contributed by atoms with Crippen molar-refractivity contribution in [1.29, 1.82) is 0 Å². The van der Waals surface area contributed by atoms with Gasteiger partial charge in [-0.15, -0.1) is 11.3 Å². The minimum absolute atomic E-state index is 0.000158. The molecule has 2 nitrogen and oxygen atoms in total. The Balaban J connectivity index is 2.02. The van der Waals surface area contributed by atoms with E-state index < -0.39 is 0 Å². The molecule has 0 aliphatic heterocycles. The fourth-order valence-corrected chi connectivity index (χ4v) is 2.90. The highest BCUT2D eigenvalue weighted by molar-refractivity contribution is 9.10. The van der Waals surface area contributed by atoms with Gasteiger partial charge >= 0.3 is 0 Å². The Hall–Kier alpha value is -0.840. The zero-order chi connectivity index (χ0) is 13.8. The van der Waals surface area contributed by atoms with Crippen LogP contribution in [0.3, 0.4) is 0 Å². The lowest BCUT2D eigenvalue weighted by molar-refractivity contribution is 0.0925. The normalized spacial score (nSPS) is 10.5. The van der Waals surface area contributed by atoms with Crippen LogP contribution in [0.4, 0.5) is 0 Å². The summed E-state index contributed by atoms with van der Waals surface area (Å²) in [6, 6.07) is 9.12. The summed E-state index contributed by atoms with van der Waals surface area (Å²) in [5.74, 6) is 0.484. The molecule has 0 saturated carbocycles. The van der Waals surface area contributed by atoms with Gasteiger partial charge in [-0.2, -0.15) is 0 Å². The third-order valence-corrected chi connectivity index (χ3v) is 4.61. The van der Waals surface area contributed by atoms with Gasteiger partial charge in [-0.3, -0.25) is 4.79 Å². The Kier molecular flexibility index (Phi) is 5.02. The molecule has 0 radical (unpaired) electrons. The van der Waals surface area contributed by atoms with E-state index in [0.29, 0.717) is 10.8 Å². The van der Waals surface area contributed by atoms with Crippen molar-refractivity contribution in [3.05, 3.63) is 49.6 Å². The van der Waals surface area contributed by atoms with E-state index in [4.69, 9.17) is 16.3 Å². The molecule has 2 rings (SSSR count). The van der Waals surface area contributed by atoms with Gasteiger partial charge in [0.05, 0.1) is 9.90 Å². The number of ketones is 1. The molecule has 0 saturated heterocycles. The van der Waals surface area contributed by atoms with Crippen molar-refractivity contribution in [3.63, 3.8) is 0 Å². The Labute approximate surface area is 129 Å². The lowest BCUT2D eigenvalue weighted by atomic mass is 10.3. The summed E-state index contributed by atoms with van der Waals surface area (Å²) in [5, 5.41) is 0.497. The molecule has 0 atom stereocenters. The number of carbonyl (C=O) groups excluding carboxylic acids is 1. The maximum Gasteiger partial charge on any atom is 0.210 e. The van der Waals surface area contributed by atoms with Crippen molar-refractivity contribution >= 4 is 44.7 Å². The third-order valence-electron chi connectivity index (χ3n) is 2.54. The van der Waals surface area contributed by atoms with Crippen molar-refractivity contribution in [3.8, 4) is 5.75 Å². The van der Waals surface area contributed by atoms with E-state index >= 15 is 0 Å². The minimum Gasteiger partial charge on any atom is -0.484 e. The van der Waals surface area contributed by atoms with Gasteiger partial charge in [-0.25, -0.2) is 0 Å². The second kappa shape index (κ2) is 6.55. The Bertz CT molecular complexity index is 595. The van der Waals surface area contributed by atoms with Crippen LogP contribution in [0.15, 0.2) is 34.8 Å². The molecule has 1 aromatic heterocycles. The van der Waals surface area contributed by atoms with E-state index in [1.165, 1.54) is 16.2 Å². The number of carbonyl (C=O) groups is 1. The van der Waals surface area contributed by atoms with Gasteiger partial charge in [-0.1, -0.05) is 34.5 Å². The van der Waals surface area contributed by atoms with Crippen molar-refractivity contribution < 1.29 is 9.53 Å². The number of halogens is 2. The lowest BCUT2D eigenvalue weighted by Crippen LogP contribution is -2.10. The van der Waals surface area contributed by atoms with Crippen LogP contribution in [0.5, 0.6) is 5.75 Å². The second-order valence-electron chi connectivity index (χ2n) is 3.91. The second-order valence-corrected chi connectivity index (χ2v) is 6.40. The van der Waals surface area contributed by atoms with Crippen molar-refractivity contribution in [1.82, 2.24) is 0 Å². The number of thiophene rings is 1. The molecular formula is C14H12BrClO2S. The molecule has 1 heterocycles. The molecule has 0 N–H and O–H groups in total. The van der Waals surface area contributed by atoms with E-state index in [1.54, 1.807) is 12.1 Å². The quantitative estimate of drug-likeness (QED) is 0.703. The fraction of sp³-hybridized carbons (Fsp3) is 0.214. The molecule has 0 fully saturated rings. The standard InChI is InChI=1S/C14H12BrClO2S/c1-2-10-4-6-14(19-10)12(17)8-18-13-7-9(15)3-5-11(13)16/h3-7H,2,8H2,1H3.